The Kier molecular flexibility index (Phi) is 2.49. The smallest absolute Gasteiger partial charge is 0.138 e. The SMILES string of the molecule is COC1(Nc2ccc(F)cc2Br)CC1. The van der Waals surface area contributed by atoms with Gasteiger partial charge in [-0.05, 0) is 47.0 Å². The van der Waals surface area contributed by atoms with Gasteiger partial charge < -0.3 is 10.1 Å². The molecule has 2 nitrogen and oxygen atoms in total. The van der Waals surface area contributed by atoms with Crippen LogP contribution in [0.4, 0.5) is 10.1 Å². The van der Waals surface area contributed by atoms with E-state index in [0.29, 0.717) is 0 Å². The van der Waals surface area contributed by atoms with Crippen LogP contribution in [0.3, 0.4) is 0 Å². The van der Waals surface area contributed by atoms with Gasteiger partial charge in [0.15, 0.2) is 0 Å². The number of halogens is 2. The highest BCUT2D eigenvalue weighted by atomic mass is 79.9. The van der Waals surface area contributed by atoms with Crippen LogP contribution in [-0.4, -0.2) is 12.8 Å². The van der Waals surface area contributed by atoms with E-state index in [0.717, 1.165) is 23.0 Å². The molecular weight excluding hydrogens is 249 g/mol. The molecule has 0 atom stereocenters. The summed E-state index contributed by atoms with van der Waals surface area (Å²) in [6, 6.07) is 4.57. The third kappa shape index (κ3) is 1.91. The summed E-state index contributed by atoms with van der Waals surface area (Å²) in [5.74, 6) is -0.246. The van der Waals surface area contributed by atoms with Crippen molar-refractivity contribution in [3.8, 4) is 0 Å². The minimum atomic E-state index is -0.246. The number of anilines is 1. The molecule has 1 aliphatic rings. The van der Waals surface area contributed by atoms with E-state index in [1.54, 1.807) is 13.2 Å². The summed E-state index contributed by atoms with van der Waals surface area (Å²) in [5.41, 5.74) is 0.645. The minimum Gasteiger partial charge on any atom is -0.359 e. The lowest BCUT2D eigenvalue weighted by Crippen LogP contribution is -2.23. The maximum absolute atomic E-state index is 12.8. The summed E-state index contributed by atoms with van der Waals surface area (Å²) in [6.45, 7) is 0. The van der Waals surface area contributed by atoms with Crippen LogP contribution in [0, 0.1) is 5.82 Å². The molecular formula is C10H11BrFNO. The molecule has 1 aromatic carbocycles. The first-order valence-electron chi connectivity index (χ1n) is 4.44. The largest absolute Gasteiger partial charge is 0.359 e. The van der Waals surface area contributed by atoms with Crippen molar-refractivity contribution in [1.82, 2.24) is 0 Å². The molecule has 0 amide bonds. The predicted molar refractivity (Wildman–Crippen MR) is 56.7 cm³/mol. The lowest BCUT2D eigenvalue weighted by molar-refractivity contribution is 0.104. The maximum Gasteiger partial charge on any atom is 0.138 e. The van der Waals surface area contributed by atoms with Crippen LogP contribution in [0.15, 0.2) is 22.7 Å². The van der Waals surface area contributed by atoms with E-state index < -0.39 is 0 Å². The van der Waals surface area contributed by atoms with Crippen LogP contribution in [0.5, 0.6) is 0 Å². The zero-order valence-corrected chi connectivity index (χ0v) is 9.40. The fourth-order valence-corrected chi connectivity index (χ4v) is 1.78. The van der Waals surface area contributed by atoms with Crippen LogP contribution < -0.4 is 5.32 Å². The molecule has 1 aromatic rings. The summed E-state index contributed by atoms with van der Waals surface area (Å²) in [5, 5.41) is 3.24. The fraction of sp³-hybridized carbons (Fsp3) is 0.400. The van der Waals surface area contributed by atoms with Gasteiger partial charge in [-0.2, -0.15) is 0 Å². The summed E-state index contributed by atoms with van der Waals surface area (Å²) in [7, 11) is 1.68. The molecule has 0 saturated heterocycles. The van der Waals surface area contributed by atoms with Gasteiger partial charge in [0.2, 0.25) is 0 Å². The van der Waals surface area contributed by atoms with E-state index in [-0.39, 0.29) is 11.5 Å². The number of nitrogens with one attached hydrogen (secondary N) is 1. The van der Waals surface area contributed by atoms with Crippen molar-refractivity contribution in [2.75, 3.05) is 12.4 Å². The number of methoxy groups -OCH3 is 1. The van der Waals surface area contributed by atoms with Gasteiger partial charge in [0.1, 0.15) is 11.5 Å². The van der Waals surface area contributed by atoms with Crippen molar-refractivity contribution < 1.29 is 9.13 Å². The topological polar surface area (TPSA) is 21.3 Å². The van der Waals surface area contributed by atoms with E-state index in [4.69, 9.17) is 4.74 Å². The average molecular weight is 260 g/mol. The lowest BCUT2D eigenvalue weighted by Gasteiger charge is -2.17. The van der Waals surface area contributed by atoms with Gasteiger partial charge in [-0.25, -0.2) is 4.39 Å². The second kappa shape index (κ2) is 3.51. The van der Waals surface area contributed by atoms with Crippen molar-refractivity contribution >= 4 is 21.6 Å². The van der Waals surface area contributed by atoms with Crippen LogP contribution >= 0.6 is 15.9 Å². The van der Waals surface area contributed by atoms with E-state index in [2.05, 4.69) is 21.2 Å². The molecule has 1 fully saturated rings. The maximum atomic E-state index is 12.8. The number of ether oxygens (including phenoxy) is 1. The normalized spacial score (nSPS) is 17.9. The lowest BCUT2D eigenvalue weighted by atomic mass is 10.3. The van der Waals surface area contributed by atoms with Crippen molar-refractivity contribution in [3.63, 3.8) is 0 Å². The van der Waals surface area contributed by atoms with E-state index in [1.165, 1.54) is 12.1 Å². The van der Waals surface area contributed by atoms with E-state index in [1.807, 2.05) is 0 Å². The van der Waals surface area contributed by atoms with Gasteiger partial charge in [-0.1, -0.05) is 0 Å². The van der Waals surface area contributed by atoms with Gasteiger partial charge >= 0.3 is 0 Å². The monoisotopic (exact) mass is 259 g/mol. The van der Waals surface area contributed by atoms with Gasteiger partial charge in [-0.3, -0.25) is 0 Å². The molecule has 0 unspecified atom stereocenters. The number of hydrogen-bond donors (Lipinski definition) is 1. The summed E-state index contributed by atoms with van der Waals surface area (Å²) in [6.07, 6.45) is 1.99. The van der Waals surface area contributed by atoms with Crippen molar-refractivity contribution in [2.45, 2.75) is 18.6 Å². The zero-order valence-electron chi connectivity index (χ0n) is 7.81. The molecule has 1 aliphatic carbocycles. The first-order chi connectivity index (χ1) is 6.65. The fourth-order valence-electron chi connectivity index (χ4n) is 1.33. The molecule has 1 N–H and O–H groups in total. The molecule has 0 aliphatic heterocycles. The van der Waals surface area contributed by atoms with Crippen LogP contribution in [-0.2, 0) is 4.74 Å². The Labute approximate surface area is 90.6 Å². The third-order valence-electron chi connectivity index (χ3n) is 2.39. The Hall–Kier alpha value is -0.610. The molecule has 2 rings (SSSR count). The third-order valence-corrected chi connectivity index (χ3v) is 3.04. The quantitative estimate of drug-likeness (QED) is 0.843. The Balaban J connectivity index is 2.17. The second-order valence-corrected chi connectivity index (χ2v) is 4.30. The van der Waals surface area contributed by atoms with Gasteiger partial charge in [0.05, 0.1) is 5.69 Å². The molecule has 76 valence electrons. The standard InChI is InChI=1S/C10H11BrFNO/c1-14-10(4-5-10)13-9-3-2-7(12)6-8(9)11/h2-3,6,13H,4-5H2,1H3. The molecule has 14 heavy (non-hydrogen) atoms. The molecule has 0 bridgehead atoms. The molecule has 4 heteroatoms. The van der Waals surface area contributed by atoms with Crippen molar-refractivity contribution in [2.24, 2.45) is 0 Å². The Morgan fingerprint density at radius 1 is 1.50 bits per heavy atom. The number of hydrogen-bond acceptors (Lipinski definition) is 2. The van der Waals surface area contributed by atoms with E-state index >= 15 is 0 Å². The highest BCUT2D eigenvalue weighted by molar-refractivity contribution is 9.10. The van der Waals surface area contributed by atoms with Crippen LogP contribution in [0.25, 0.3) is 0 Å². The van der Waals surface area contributed by atoms with Crippen LogP contribution in [0.2, 0.25) is 0 Å². The predicted octanol–water partition coefficient (Wildman–Crippen LogP) is 3.14. The molecule has 0 heterocycles. The number of rotatable bonds is 3. The van der Waals surface area contributed by atoms with Gasteiger partial charge in [-0.15, -0.1) is 0 Å². The molecule has 1 saturated carbocycles. The molecule has 0 radical (unpaired) electrons. The van der Waals surface area contributed by atoms with Crippen LogP contribution in [0.1, 0.15) is 12.8 Å². The van der Waals surface area contributed by atoms with Gasteiger partial charge in [0.25, 0.3) is 0 Å². The van der Waals surface area contributed by atoms with Crippen molar-refractivity contribution in [3.05, 3.63) is 28.5 Å². The number of benzene rings is 1. The Morgan fingerprint density at radius 3 is 2.71 bits per heavy atom. The zero-order chi connectivity index (χ0) is 10.2. The first-order valence-corrected chi connectivity index (χ1v) is 5.23. The average Bonchev–Trinajstić information content (AvgIpc) is 2.91. The first kappa shape index (κ1) is 9.93. The molecule has 0 aromatic heterocycles. The summed E-state index contributed by atoms with van der Waals surface area (Å²) < 4.78 is 18.8. The minimum absolute atomic E-state index is 0.222. The van der Waals surface area contributed by atoms with Crippen molar-refractivity contribution in [1.29, 1.82) is 0 Å². The highest BCUT2D eigenvalue weighted by Crippen LogP contribution is 2.40. The van der Waals surface area contributed by atoms with E-state index in [9.17, 15) is 4.39 Å². The van der Waals surface area contributed by atoms with Gasteiger partial charge in [0, 0.05) is 11.6 Å². The molecule has 0 spiro atoms. The summed E-state index contributed by atoms with van der Waals surface area (Å²) in [4.78, 5) is 0. The highest BCUT2D eigenvalue weighted by Gasteiger charge is 2.43. The Bertz CT molecular complexity index is 352. The summed E-state index contributed by atoms with van der Waals surface area (Å²) >= 11 is 3.30. The Morgan fingerprint density at radius 2 is 2.21 bits per heavy atom. The second-order valence-electron chi connectivity index (χ2n) is 3.45.